The molecule has 0 aliphatic rings. The minimum atomic E-state index is -4.64. The van der Waals surface area contributed by atoms with Gasteiger partial charge in [-0.25, -0.2) is 4.57 Å². The molecular weight excluding hydrogens is 179 g/mol. The number of hydrogen-bond donors (Lipinski definition) is 6. The SMILES string of the molecule is CCC(O)(O)O.O=P(O)(O)O. The molecule has 0 aliphatic carbocycles. The van der Waals surface area contributed by atoms with Gasteiger partial charge in [-0.3, -0.25) is 0 Å². The van der Waals surface area contributed by atoms with Gasteiger partial charge in [-0.2, -0.15) is 0 Å². The van der Waals surface area contributed by atoms with E-state index in [-0.39, 0.29) is 6.42 Å². The van der Waals surface area contributed by atoms with Crippen LogP contribution in [-0.2, 0) is 4.57 Å². The van der Waals surface area contributed by atoms with Crippen LogP contribution in [0.1, 0.15) is 13.3 Å². The van der Waals surface area contributed by atoms with E-state index < -0.39 is 13.8 Å². The molecule has 0 aliphatic heterocycles. The maximum Gasteiger partial charge on any atom is 0.466 e. The van der Waals surface area contributed by atoms with Gasteiger partial charge in [0.05, 0.1) is 0 Å². The lowest BCUT2D eigenvalue weighted by Crippen LogP contribution is -2.24. The fourth-order valence-electron chi connectivity index (χ4n) is 0. The number of hydrogen-bond acceptors (Lipinski definition) is 4. The molecule has 0 amide bonds. The first-order valence-electron chi connectivity index (χ1n) is 2.51. The first kappa shape index (κ1) is 13.6. The van der Waals surface area contributed by atoms with E-state index in [4.69, 9.17) is 34.6 Å². The molecule has 7 nitrogen and oxygen atoms in total. The van der Waals surface area contributed by atoms with E-state index in [0.29, 0.717) is 0 Å². The zero-order chi connectivity index (χ0) is 9.71. The van der Waals surface area contributed by atoms with E-state index in [0.717, 1.165) is 0 Å². The summed E-state index contributed by atoms with van der Waals surface area (Å²) < 4.78 is 8.88. The minimum Gasteiger partial charge on any atom is -0.344 e. The molecule has 0 saturated heterocycles. The van der Waals surface area contributed by atoms with Gasteiger partial charge in [-0.15, -0.1) is 0 Å². The summed E-state index contributed by atoms with van der Waals surface area (Å²) in [5.41, 5.74) is 0. The van der Waals surface area contributed by atoms with Gasteiger partial charge < -0.3 is 30.0 Å². The van der Waals surface area contributed by atoms with Crippen LogP contribution in [0.5, 0.6) is 0 Å². The van der Waals surface area contributed by atoms with Gasteiger partial charge in [0.25, 0.3) is 5.97 Å². The van der Waals surface area contributed by atoms with Crippen LogP contribution in [0.25, 0.3) is 0 Å². The first-order chi connectivity index (χ1) is 4.56. The van der Waals surface area contributed by atoms with Crippen LogP contribution < -0.4 is 0 Å². The summed E-state index contributed by atoms with van der Waals surface area (Å²) in [6.07, 6.45) is -0.0625. The lowest BCUT2D eigenvalue weighted by Gasteiger charge is -2.08. The number of rotatable bonds is 1. The molecular formula is C3H11O7P. The molecule has 0 unspecified atom stereocenters. The Labute approximate surface area is 62.8 Å². The van der Waals surface area contributed by atoms with Gasteiger partial charge in [0, 0.05) is 6.42 Å². The van der Waals surface area contributed by atoms with Gasteiger partial charge in [-0.05, 0) is 0 Å². The van der Waals surface area contributed by atoms with E-state index in [9.17, 15) is 0 Å². The molecule has 8 heteroatoms. The van der Waals surface area contributed by atoms with Crippen LogP contribution in [0.15, 0.2) is 0 Å². The molecule has 0 aromatic carbocycles. The summed E-state index contributed by atoms with van der Waals surface area (Å²) >= 11 is 0. The second-order valence-electron chi connectivity index (χ2n) is 1.64. The molecule has 70 valence electrons. The highest BCUT2D eigenvalue weighted by Crippen LogP contribution is 2.25. The maximum absolute atomic E-state index is 8.88. The number of phosphoric acid groups is 1. The molecule has 0 aromatic rings. The Hall–Kier alpha value is -0.0100. The van der Waals surface area contributed by atoms with Crippen molar-refractivity contribution in [2.45, 2.75) is 19.3 Å². The normalized spacial score (nSPS) is 11.9. The van der Waals surface area contributed by atoms with Gasteiger partial charge in [0.15, 0.2) is 0 Å². The summed E-state index contributed by atoms with van der Waals surface area (Å²) in [7, 11) is -4.64. The van der Waals surface area contributed by atoms with Crippen molar-refractivity contribution < 1.29 is 34.6 Å². The summed E-state index contributed by atoms with van der Waals surface area (Å²) in [5.74, 6) is -2.46. The highest BCUT2D eigenvalue weighted by Gasteiger charge is 2.11. The standard InChI is InChI=1S/C3H8O3.H3O4P/c1-2-3(4,5)6;1-5(2,3)4/h4-6H,2H2,1H3;(H3,1,2,3,4). The zero-order valence-electron chi connectivity index (χ0n) is 5.75. The third kappa shape index (κ3) is 71.3. The van der Waals surface area contributed by atoms with E-state index in [1.165, 1.54) is 6.92 Å². The van der Waals surface area contributed by atoms with Crippen LogP contribution in [0.2, 0.25) is 0 Å². The van der Waals surface area contributed by atoms with Gasteiger partial charge in [0.1, 0.15) is 0 Å². The van der Waals surface area contributed by atoms with Crippen LogP contribution in [0, 0.1) is 0 Å². The minimum absolute atomic E-state index is 0.0625. The molecule has 0 bridgehead atoms. The average molecular weight is 190 g/mol. The Balaban J connectivity index is 0. The van der Waals surface area contributed by atoms with Crippen molar-refractivity contribution >= 4 is 7.82 Å². The summed E-state index contributed by atoms with van der Waals surface area (Å²) in [5, 5.41) is 23.8. The van der Waals surface area contributed by atoms with Crippen molar-refractivity contribution in [2.24, 2.45) is 0 Å². The van der Waals surface area contributed by atoms with Crippen LogP contribution in [0.3, 0.4) is 0 Å². The smallest absolute Gasteiger partial charge is 0.344 e. The molecule has 6 N–H and O–H groups in total. The molecule has 0 fully saturated rings. The largest absolute Gasteiger partial charge is 0.466 e. The molecule has 0 saturated carbocycles. The Morgan fingerprint density at radius 2 is 1.27 bits per heavy atom. The van der Waals surface area contributed by atoms with E-state index in [1.807, 2.05) is 0 Å². The Morgan fingerprint density at radius 3 is 1.27 bits per heavy atom. The Bertz CT molecular complexity index is 123. The van der Waals surface area contributed by atoms with Crippen molar-refractivity contribution in [1.82, 2.24) is 0 Å². The second-order valence-corrected chi connectivity index (χ2v) is 2.67. The predicted molar refractivity (Wildman–Crippen MR) is 33.9 cm³/mol. The van der Waals surface area contributed by atoms with Gasteiger partial charge in [-0.1, -0.05) is 6.92 Å². The summed E-state index contributed by atoms with van der Waals surface area (Å²) in [6.45, 7) is 1.46. The van der Waals surface area contributed by atoms with E-state index in [2.05, 4.69) is 0 Å². The molecule has 11 heavy (non-hydrogen) atoms. The highest BCUT2D eigenvalue weighted by atomic mass is 31.2. The van der Waals surface area contributed by atoms with Crippen molar-refractivity contribution in [1.29, 1.82) is 0 Å². The third-order valence-corrected chi connectivity index (χ3v) is 0.474. The van der Waals surface area contributed by atoms with Crippen molar-refractivity contribution in [3.05, 3.63) is 0 Å². The fourth-order valence-corrected chi connectivity index (χ4v) is 0. The van der Waals surface area contributed by atoms with Crippen LogP contribution in [-0.4, -0.2) is 36.0 Å². The van der Waals surface area contributed by atoms with Crippen molar-refractivity contribution in [2.75, 3.05) is 0 Å². The van der Waals surface area contributed by atoms with Crippen LogP contribution in [0.4, 0.5) is 0 Å². The summed E-state index contributed by atoms with van der Waals surface area (Å²) in [6, 6.07) is 0. The zero-order valence-corrected chi connectivity index (χ0v) is 6.64. The van der Waals surface area contributed by atoms with Crippen molar-refractivity contribution in [3.63, 3.8) is 0 Å². The van der Waals surface area contributed by atoms with E-state index in [1.54, 1.807) is 0 Å². The topological polar surface area (TPSA) is 138 Å². The monoisotopic (exact) mass is 190 g/mol. The second kappa shape index (κ2) is 4.78. The molecule has 0 heterocycles. The molecule has 0 aromatic heterocycles. The average Bonchev–Trinajstić information content (AvgIpc) is 1.59. The quantitative estimate of drug-likeness (QED) is 0.209. The molecule has 0 spiro atoms. The number of aliphatic hydroxyl groups is 3. The van der Waals surface area contributed by atoms with Gasteiger partial charge in [0.2, 0.25) is 0 Å². The Morgan fingerprint density at radius 1 is 1.18 bits per heavy atom. The molecule has 0 radical (unpaired) electrons. The maximum atomic E-state index is 8.88. The Kier molecular flexibility index (Phi) is 5.90. The van der Waals surface area contributed by atoms with Crippen LogP contribution >= 0.6 is 7.82 Å². The lowest BCUT2D eigenvalue weighted by molar-refractivity contribution is -0.312. The third-order valence-electron chi connectivity index (χ3n) is 0.474. The van der Waals surface area contributed by atoms with Gasteiger partial charge >= 0.3 is 7.82 Å². The van der Waals surface area contributed by atoms with E-state index >= 15 is 0 Å². The lowest BCUT2D eigenvalue weighted by atomic mass is 10.4. The fraction of sp³-hybridized carbons (Fsp3) is 1.00. The van der Waals surface area contributed by atoms with Crippen molar-refractivity contribution in [3.8, 4) is 0 Å². The predicted octanol–water partition coefficient (Wildman–Crippen LogP) is -1.90. The molecule has 0 rings (SSSR count). The molecule has 0 atom stereocenters. The first-order valence-corrected chi connectivity index (χ1v) is 4.08. The summed E-state index contributed by atoms with van der Waals surface area (Å²) in [4.78, 5) is 21.6. The highest BCUT2D eigenvalue weighted by molar-refractivity contribution is 7.45.